The lowest BCUT2D eigenvalue weighted by Gasteiger charge is -2.30. The molecule has 0 radical (unpaired) electrons. The molecule has 4 heteroatoms. The average molecular weight is 304 g/mol. The van der Waals surface area contributed by atoms with Gasteiger partial charge in [-0.15, -0.1) is 0 Å². The second-order valence-electron chi connectivity index (χ2n) is 4.60. The molecule has 1 heterocycles. The van der Waals surface area contributed by atoms with E-state index in [2.05, 4.69) is 55.5 Å². The zero-order valence-corrected chi connectivity index (χ0v) is 11.7. The number of fused-ring (bicyclic) bond motifs is 1. The first kappa shape index (κ1) is 11.7. The minimum absolute atomic E-state index is 0.607. The minimum Gasteiger partial charge on any atom is -0.369 e. The Hall–Kier alpha value is -1.42. The van der Waals surface area contributed by atoms with Crippen LogP contribution in [0, 0.1) is 6.92 Å². The third kappa shape index (κ3) is 2.25. The van der Waals surface area contributed by atoms with Crippen molar-refractivity contribution in [2.75, 3.05) is 11.9 Å². The molecule has 3 nitrogen and oxygen atoms in total. The molecule has 92 valence electrons. The number of hydrogen-bond donors (Lipinski definition) is 1. The van der Waals surface area contributed by atoms with Crippen LogP contribution in [-0.2, 0) is 6.42 Å². The van der Waals surface area contributed by atoms with Gasteiger partial charge < -0.3 is 5.32 Å². The van der Waals surface area contributed by atoms with E-state index in [-0.39, 0.29) is 0 Å². The van der Waals surface area contributed by atoms with E-state index >= 15 is 0 Å². The van der Waals surface area contributed by atoms with Gasteiger partial charge in [0.1, 0.15) is 16.2 Å². The van der Waals surface area contributed by atoms with Crippen molar-refractivity contribution in [1.29, 1.82) is 0 Å². The monoisotopic (exact) mass is 303 g/mol. The van der Waals surface area contributed by atoms with E-state index in [0.717, 1.165) is 29.2 Å². The fourth-order valence-electron chi connectivity index (χ4n) is 2.39. The number of halogens is 1. The molecule has 0 bridgehead atoms. The molecule has 0 saturated carbocycles. The Bertz CT molecular complexity index is 563. The van der Waals surface area contributed by atoms with Crippen LogP contribution >= 0.6 is 15.9 Å². The molecule has 2 aromatic rings. The van der Waals surface area contributed by atoms with Gasteiger partial charge >= 0.3 is 0 Å². The van der Waals surface area contributed by atoms with E-state index in [1.165, 1.54) is 11.1 Å². The maximum Gasteiger partial charge on any atom is 0.130 e. The molecule has 1 unspecified atom stereocenters. The van der Waals surface area contributed by atoms with E-state index in [1.807, 2.05) is 13.0 Å². The van der Waals surface area contributed by atoms with Crippen LogP contribution in [0.25, 0.3) is 0 Å². The standard InChI is InChI=1S/C14H14BrN3/c1-9-17-13(15)7-14(18-9)16-8-11-6-10-4-2-3-5-12(10)11/h2-5,7,11H,6,8H2,1H3,(H,16,17,18). The van der Waals surface area contributed by atoms with Gasteiger partial charge in [0.2, 0.25) is 0 Å². The summed E-state index contributed by atoms with van der Waals surface area (Å²) in [7, 11) is 0. The van der Waals surface area contributed by atoms with Gasteiger partial charge in [-0.05, 0) is 40.4 Å². The van der Waals surface area contributed by atoms with Gasteiger partial charge in [-0.3, -0.25) is 0 Å². The second-order valence-corrected chi connectivity index (χ2v) is 5.42. The number of rotatable bonds is 3. The Morgan fingerprint density at radius 1 is 1.33 bits per heavy atom. The largest absolute Gasteiger partial charge is 0.369 e. The normalized spacial score (nSPS) is 16.9. The predicted molar refractivity (Wildman–Crippen MR) is 75.8 cm³/mol. The minimum atomic E-state index is 0.607. The summed E-state index contributed by atoms with van der Waals surface area (Å²) in [4.78, 5) is 8.57. The number of anilines is 1. The van der Waals surface area contributed by atoms with Crippen LogP contribution < -0.4 is 5.32 Å². The molecular formula is C14H14BrN3. The van der Waals surface area contributed by atoms with E-state index < -0.39 is 0 Å². The quantitative estimate of drug-likeness (QED) is 0.884. The zero-order valence-electron chi connectivity index (χ0n) is 10.2. The highest BCUT2D eigenvalue weighted by Crippen LogP contribution is 2.34. The molecule has 0 saturated heterocycles. The molecular weight excluding hydrogens is 290 g/mol. The number of aromatic nitrogens is 2. The van der Waals surface area contributed by atoms with Crippen molar-refractivity contribution >= 4 is 21.7 Å². The summed E-state index contributed by atoms with van der Waals surface area (Å²) in [6, 6.07) is 10.5. The highest BCUT2D eigenvalue weighted by atomic mass is 79.9. The van der Waals surface area contributed by atoms with Gasteiger partial charge in [-0.25, -0.2) is 9.97 Å². The molecule has 3 rings (SSSR count). The van der Waals surface area contributed by atoms with Crippen LogP contribution in [-0.4, -0.2) is 16.5 Å². The molecule has 0 fully saturated rings. The summed E-state index contributed by atoms with van der Waals surface area (Å²) in [6.45, 7) is 2.83. The fraction of sp³-hybridized carbons (Fsp3) is 0.286. The number of hydrogen-bond acceptors (Lipinski definition) is 3. The maximum atomic E-state index is 4.37. The lowest BCUT2D eigenvalue weighted by atomic mass is 9.78. The third-order valence-corrected chi connectivity index (χ3v) is 3.70. The van der Waals surface area contributed by atoms with Crippen molar-refractivity contribution in [2.24, 2.45) is 0 Å². The van der Waals surface area contributed by atoms with E-state index in [1.54, 1.807) is 0 Å². The highest BCUT2D eigenvalue weighted by molar-refractivity contribution is 9.10. The van der Waals surface area contributed by atoms with E-state index in [9.17, 15) is 0 Å². The third-order valence-electron chi connectivity index (χ3n) is 3.30. The van der Waals surface area contributed by atoms with Crippen LogP contribution in [0.1, 0.15) is 22.9 Å². The SMILES string of the molecule is Cc1nc(Br)cc(NCC2Cc3ccccc32)n1. The van der Waals surface area contributed by atoms with Crippen molar-refractivity contribution in [2.45, 2.75) is 19.3 Å². The fourth-order valence-corrected chi connectivity index (χ4v) is 2.87. The molecule has 1 atom stereocenters. The van der Waals surface area contributed by atoms with Crippen LogP contribution in [0.5, 0.6) is 0 Å². The number of nitrogens with zero attached hydrogens (tertiary/aromatic N) is 2. The number of nitrogens with one attached hydrogen (secondary N) is 1. The summed E-state index contributed by atoms with van der Waals surface area (Å²) in [5.41, 5.74) is 2.94. The lowest BCUT2D eigenvalue weighted by Crippen LogP contribution is -2.24. The Morgan fingerprint density at radius 2 is 2.17 bits per heavy atom. The summed E-state index contributed by atoms with van der Waals surface area (Å²) in [6.07, 6.45) is 1.16. The highest BCUT2D eigenvalue weighted by Gasteiger charge is 2.24. The van der Waals surface area contributed by atoms with Crippen LogP contribution in [0.15, 0.2) is 34.9 Å². The van der Waals surface area contributed by atoms with Crippen molar-refractivity contribution in [1.82, 2.24) is 9.97 Å². The van der Waals surface area contributed by atoms with Crippen LogP contribution in [0.3, 0.4) is 0 Å². The van der Waals surface area contributed by atoms with E-state index in [0.29, 0.717) is 5.92 Å². The molecule has 0 aliphatic heterocycles. The summed E-state index contributed by atoms with van der Waals surface area (Å²) < 4.78 is 0.825. The molecule has 1 aliphatic rings. The van der Waals surface area contributed by atoms with Crippen molar-refractivity contribution < 1.29 is 0 Å². The Balaban J connectivity index is 1.66. The molecule has 0 amide bonds. The van der Waals surface area contributed by atoms with Gasteiger partial charge in [0, 0.05) is 18.5 Å². The van der Waals surface area contributed by atoms with Gasteiger partial charge in [0.15, 0.2) is 0 Å². The molecule has 1 N–H and O–H groups in total. The van der Waals surface area contributed by atoms with Crippen LogP contribution in [0.4, 0.5) is 5.82 Å². The average Bonchev–Trinajstić information content (AvgIpc) is 2.29. The van der Waals surface area contributed by atoms with Crippen molar-refractivity contribution in [3.63, 3.8) is 0 Å². The van der Waals surface area contributed by atoms with Gasteiger partial charge in [0.25, 0.3) is 0 Å². The smallest absolute Gasteiger partial charge is 0.130 e. The van der Waals surface area contributed by atoms with Crippen molar-refractivity contribution in [3.8, 4) is 0 Å². The zero-order chi connectivity index (χ0) is 12.5. The number of benzene rings is 1. The molecule has 0 spiro atoms. The van der Waals surface area contributed by atoms with Gasteiger partial charge in [-0.1, -0.05) is 24.3 Å². The topological polar surface area (TPSA) is 37.8 Å². The maximum absolute atomic E-state index is 4.37. The summed E-state index contributed by atoms with van der Waals surface area (Å²) >= 11 is 3.39. The lowest BCUT2D eigenvalue weighted by molar-refractivity contribution is 0.634. The summed E-state index contributed by atoms with van der Waals surface area (Å²) in [5.74, 6) is 2.27. The van der Waals surface area contributed by atoms with Crippen LogP contribution in [0.2, 0.25) is 0 Å². The molecule has 18 heavy (non-hydrogen) atoms. The molecule has 1 aromatic carbocycles. The van der Waals surface area contributed by atoms with E-state index in [4.69, 9.17) is 0 Å². The summed E-state index contributed by atoms with van der Waals surface area (Å²) in [5, 5.41) is 3.39. The Morgan fingerprint density at radius 3 is 2.94 bits per heavy atom. The molecule has 1 aromatic heterocycles. The van der Waals surface area contributed by atoms with Gasteiger partial charge in [0.05, 0.1) is 0 Å². The Labute approximate surface area is 115 Å². The first-order valence-corrected chi connectivity index (χ1v) is 6.84. The predicted octanol–water partition coefficient (Wildman–Crippen LogP) is 3.30. The number of aryl methyl sites for hydroxylation is 1. The Kier molecular flexibility index (Phi) is 3.04. The van der Waals surface area contributed by atoms with Crippen molar-refractivity contribution in [3.05, 3.63) is 51.9 Å². The van der Waals surface area contributed by atoms with Gasteiger partial charge in [-0.2, -0.15) is 0 Å². The second kappa shape index (κ2) is 4.69. The first-order valence-electron chi connectivity index (χ1n) is 6.05. The first-order chi connectivity index (χ1) is 8.72. The molecule has 1 aliphatic carbocycles.